The average Bonchev–Trinajstić information content (AvgIpc) is 3.14. The number of carbonyl (C=O) groups excluding carboxylic acids is 1. The highest BCUT2D eigenvalue weighted by Crippen LogP contribution is 2.47. The van der Waals surface area contributed by atoms with E-state index >= 15 is 0 Å². The maximum atomic E-state index is 12.0. The summed E-state index contributed by atoms with van der Waals surface area (Å²) in [6.45, 7) is 17.7. The molecule has 0 bridgehead atoms. The zero-order valence-corrected chi connectivity index (χ0v) is 34.7. The Labute approximate surface area is 324 Å². The van der Waals surface area contributed by atoms with Crippen LogP contribution in [0.5, 0.6) is 23.0 Å². The summed E-state index contributed by atoms with van der Waals surface area (Å²) in [7, 11) is 6.75. The van der Waals surface area contributed by atoms with Gasteiger partial charge in [0.15, 0.2) is 23.0 Å². The van der Waals surface area contributed by atoms with E-state index in [0.717, 1.165) is 81.3 Å². The average molecular weight is 753 g/mol. The van der Waals surface area contributed by atoms with Gasteiger partial charge in [0, 0.05) is 44.9 Å². The Hall–Kier alpha value is -3.21. The highest BCUT2D eigenvalue weighted by Gasteiger charge is 2.41. The number of carbonyl (C=O) groups is 1. The minimum atomic E-state index is -0.564. The zero-order valence-electron chi connectivity index (χ0n) is 34.7. The number of hydrogen-bond acceptors (Lipinski definition) is 10. The van der Waals surface area contributed by atoms with Crippen LogP contribution in [-0.2, 0) is 22.3 Å². The van der Waals surface area contributed by atoms with Crippen LogP contribution in [0.3, 0.4) is 0 Å². The molecule has 0 saturated carbocycles. The molecule has 0 aliphatic carbocycles. The van der Waals surface area contributed by atoms with E-state index < -0.39 is 6.16 Å². The fraction of sp³-hybridized carbons (Fsp3) is 0.705. The molecule has 2 fully saturated rings. The molecule has 4 heterocycles. The van der Waals surface area contributed by atoms with E-state index in [-0.39, 0.29) is 6.10 Å². The maximum absolute atomic E-state index is 12.0. The van der Waals surface area contributed by atoms with E-state index in [0.29, 0.717) is 60.8 Å². The monoisotopic (exact) mass is 752 g/mol. The highest BCUT2D eigenvalue weighted by molar-refractivity contribution is 5.60. The third kappa shape index (κ3) is 9.96. The summed E-state index contributed by atoms with van der Waals surface area (Å²) >= 11 is 0. The second-order valence-electron chi connectivity index (χ2n) is 17.0. The molecule has 6 rings (SSSR count). The van der Waals surface area contributed by atoms with Crippen molar-refractivity contribution in [2.75, 3.05) is 67.8 Å². The van der Waals surface area contributed by atoms with Crippen LogP contribution in [0.25, 0.3) is 0 Å². The van der Waals surface area contributed by atoms with Gasteiger partial charge in [-0.15, -0.1) is 0 Å². The molecule has 302 valence electrons. The Balaban J connectivity index is 0.000000213. The molecule has 1 N–H and O–H groups in total. The van der Waals surface area contributed by atoms with Crippen LogP contribution in [0.4, 0.5) is 4.79 Å². The molecule has 0 spiro atoms. The van der Waals surface area contributed by atoms with Gasteiger partial charge >= 0.3 is 6.16 Å². The lowest BCUT2D eigenvalue weighted by Crippen LogP contribution is -2.47. The van der Waals surface area contributed by atoms with Crippen LogP contribution in [-0.4, -0.2) is 95.0 Å². The molecule has 4 aliphatic heterocycles. The molecule has 6 atom stereocenters. The summed E-state index contributed by atoms with van der Waals surface area (Å²) in [5.41, 5.74) is 5.37. The number of hydrogen-bond donors (Lipinski definition) is 1. The molecular weight excluding hydrogens is 684 g/mol. The predicted molar refractivity (Wildman–Crippen MR) is 212 cm³/mol. The van der Waals surface area contributed by atoms with Gasteiger partial charge in [0.25, 0.3) is 0 Å². The number of aliphatic hydroxyl groups excluding tert-OH is 1. The molecule has 2 aromatic rings. The lowest BCUT2D eigenvalue weighted by molar-refractivity contribution is -0.0141. The molecule has 54 heavy (non-hydrogen) atoms. The van der Waals surface area contributed by atoms with E-state index in [2.05, 4.69) is 61.8 Å². The van der Waals surface area contributed by atoms with Crippen LogP contribution in [0.1, 0.15) is 102 Å². The van der Waals surface area contributed by atoms with Crippen molar-refractivity contribution in [1.29, 1.82) is 0 Å². The lowest BCUT2D eigenvalue weighted by atomic mass is 9.74. The molecule has 10 nitrogen and oxygen atoms in total. The molecule has 10 heteroatoms. The Bertz CT molecular complexity index is 1530. The summed E-state index contributed by atoms with van der Waals surface area (Å²) in [5, 5.41) is 9.93. The summed E-state index contributed by atoms with van der Waals surface area (Å²) in [5.74, 6) is 6.30. The maximum Gasteiger partial charge on any atom is 0.508 e. The quantitative estimate of drug-likeness (QED) is 0.214. The van der Waals surface area contributed by atoms with Crippen molar-refractivity contribution < 1.29 is 38.3 Å². The van der Waals surface area contributed by atoms with Gasteiger partial charge in [-0.1, -0.05) is 27.7 Å². The first-order chi connectivity index (χ1) is 25.9. The third-order valence-corrected chi connectivity index (χ3v) is 12.1. The normalized spacial score (nSPS) is 25.1. The van der Waals surface area contributed by atoms with Crippen LogP contribution >= 0.6 is 0 Å². The van der Waals surface area contributed by atoms with Crippen molar-refractivity contribution in [2.45, 2.75) is 98.3 Å². The van der Waals surface area contributed by atoms with E-state index in [1.807, 2.05) is 13.8 Å². The third-order valence-electron chi connectivity index (χ3n) is 12.1. The van der Waals surface area contributed by atoms with Crippen molar-refractivity contribution in [2.24, 2.45) is 35.5 Å². The standard InChI is InChI=1S/C24H37NO5.C20H31NO3/c1-15(2)9-18-13-25-8-7-17-11-22(27-5)23(28-6)12-20(17)21(25)10-19(18)14-29-24(26)30-16(3)4;1-13(2)7-15-11-21-6-5-14-9-19(23-3)20(24-4)10-17(14)18(21)8-16(15)12-22/h11-12,15-16,18-19,21H,7-10,13-14H2,1-6H3;9-10,13,15-16,18,22H,5-8,11-12H2,1-4H3/t18-,19+,21-;15-,16+,18-/m11/s1. The highest BCUT2D eigenvalue weighted by atomic mass is 16.7. The van der Waals surface area contributed by atoms with Gasteiger partial charge in [-0.05, 0) is 134 Å². The smallest absolute Gasteiger partial charge is 0.493 e. The van der Waals surface area contributed by atoms with Gasteiger partial charge in [-0.25, -0.2) is 4.79 Å². The lowest BCUT2D eigenvalue weighted by Gasteiger charge is -2.47. The van der Waals surface area contributed by atoms with Gasteiger partial charge in [-0.2, -0.15) is 0 Å². The van der Waals surface area contributed by atoms with Gasteiger partial charge < -0.3 is 33.5 Å². The number of ether oxygens (including phenoxy) is 6. The topological polar surface area (TPSA) is 99.2 Å². The summed E-state index contributed by atoms with van der Waals surface area (Å²) in [4.78, 5) is 17.2. The molecule has 2 saturated heterocycles. The van der Waals surface area contributed by atoms with E-state index in [9.17, 15) is 9.90 Å². The summed E-state index contributed by atoms with van der Waals surface area (Å²) < 4.78 is 32.8. The van der Waals surface area contributed by atoms with Crippen molar-refractivity contribution in [1.82, 2.24) is 9.80 Å². The first kappa shape index (κ1) is 41.9. The van der Waals surface area contributed by atoms with Crippen LogP contribution in [0, 0.1) is 35.5 Å². The van der Waals surface area contributed by atoms with E-state index in [4.69, 9.17) is 28.4 Å². The minimum absolute atomic E-state index is 0.168. The Morgan fingerprint density at radius 3 is 1.50 bits per heavy atom. The SMILES string of the molecule is COc1cc2c(cc1OC)[C@H]1C[C@@H](CO)[C@H](CC(C)C)CN1CC2.COc1cc2c(cc1OC)[C@H]1C[C@@H](COC(=O)OC(C)C)[C@H](CC(C)C)CN1CC2. The number of aliphatic hydroxyl groups is 1. The molecular formula is C44H68N2O8. The molecule has 0 aromatic heterocycles. The molecule has 4 aliphatic rings. The first-order valence-electron chi connectivity index (χ1n) is 20.3. The number of nitrogens with zero attached hydrogens (tertiary/aromatic N) is 2. The van der Waals surface area contributed by atoms with Gasteiger partial charge in [0.05, 0.1) is 41.2 Å². The van der Waals surface area contributed by atoms with Crippen LogP contribution < -0.4 is 18.9 Å². The van der Waals surface area contributed by atoms with Crippen LogP contribution in [0.2, 0.25) is 0 Å². The molecule has 0 unspecified atom stereocenters. The van der Waals surface area contributed by atoms with Gasteiger partial charge in [-0.3, -0.25) is 9.80 Å². The second-order valence-corrected chi connectivity index (χ2v) is 17.0. The number of fused-ring (bicyclic) bond motifs is 6. The fourth-order valence-corrected chi connectivity index (χ4v) is 9.58. The summed E-state index contributed by atoms with van der Waals surface area (Å²) in [6.07, 6.45) is 5.69. The van der Waals surface area contributed by atoms with Gasteiger partial charge in [0.2, 0.25) is 0 Å². The Morgan fingerprint density at radius 2 is 1.09 bits per heavy atom. The number of rotatable bonds is 12. The van der Waals surface area contributed by atoms with Crippen LogP contribution in [0.15, 0.2) is 24.3 Å². The van der Waals surface area contributed by atoms with Crippen molar-refractivity contribution >= 4 is 6.16 Å². The largest absolute Gasteiger partial charge is 0.508 e. The van der Waals surface area contributed by atoms with Gasteiger partial charge in [0.1, 0.15) is 0 Å². The zero-order chi connectivity index (χ0) is 39.1. The first-order valence-corrected chi connectivity index (χ1v) is 20.3. The van der Waals surface area contributed by atoms with Crippen molar-refractivity contribution in [3.05, 3.63) is 46.5 Å². The van der Waals surface area contributed by atoms with E-state index in [1.165, 1.54) is 28.7 Å². The number of methoxy groups -OCH3 is 4. The Morgan fingerprint density at radius 1 is 0.667 bits per heavy atom. The predicted octanol–water partition coefficient (Wildman–Crippen LogP) is 8.12. The molecule has 0 amide bonds. The van der Waals surface area contributed by atoms with E-state index in [1.54, 1.807) is 28.4 Å². The number of benzene rings is 2. The molecule has 2 aromatic carbocycles. The number of piperidine rings is 2. The van der Waals surface area contributed by atoms with Crippen molar-refractivity contribution in [3.8, 4) is 23.0 Å². The fourth-order valence-electron chi connectivity index (χ4n) is 9.58. The second kappa shape index (κ2) is 19.1. The Kier molecular flexibility index (Phi) is 14.8. The molecule has 0 radical (unpaired) electrons. The summed E-state index contributed by atoms with van der Waals surface area (Å²) in [6, 6.07) is 9.26. The van der Waals surface area contributed by atoms with Crippen molar-refractivity contribution in [3.63, 3.8) is 0 Å². The minimum Gasteiger partial charge on any atom is -0.493 e.